The maximum atomic E-state index is 5.29. The van der Waals surface area contributed by atoms with E-state index in [1.807, 2.05) is 0 Å². The normalized spacial score (nSPS) is 13.4. The van der Waals surface area contributed by atoms with Crippen LogP contribution in [0.1, 0.15) is 137 Å². The summed E-state index contributed by atoms with van der Waals surface area (Å²) < 4.78 is 0. The maximum absolute atomic E-state index is 5.29. The highest BCUT2D eigenvalue weighted by Gasteiger charge is 2.37. The van der Waals surface area contributed by atoms with Gasteiger partial charge < -0.3 is 4.98 Å². The number of hydrogen-bond donors (Lipinski definition) is 1. The summed E-state index contributed by atoms with van der Waals surface area (Å²) in [6.45, 7) is 21.1. The second-order valence-corrected chi connectivity index (χ2v) is 9.91. The number of H-pyrrole nitrogens is 1. The van der Waals surface area contributed by atoms with E-state index in [1.54, 1.807) is 0 Å². The molecule has 0 atom stereocenters. The summed E-state index contributed by atoms with van der Waals surface area (Å²) >= 11 is 0. The maximum Gasteiger partial charge on any atom is 0.112 e. The third kappa shape index (κ3) is 5.36. The minimum Gasteiger partial charge on any atom is -0.345 e. The van der Waals surface area contributed by atoms with Gasteiger partial charge in [0, 0.05) is 21.9 Å². The van der Waals surface area contributed by atoms with Crippen LogP contribution in [0.4, 0.5) is 0 Å². The fourth-order valence-electron chi connectivity index (χ4n) is 3.90. The van der Waals surface area contributed by atoms with Crippen molar-refractivity contribution >= 4 is 0 Å². The van der Waals surface area contributed by atoms with Crippen molar-refractivity contribution < 1.29 is 0 Å². The fourth-order valence-corrected chi connectivity index (χ4v) is 3.90. The van der Waals surface area contributed by atoms with Crippen molar-refractivity contribution in [1.29, 1.82) is 0 Å². The molecule has 0 bridgehead atoms. The number of aromatic nitrogens is 2. The van der Waals surface area contributed by atoms with Gasteiger partial charge in [-0.15, -0.1) is 0 Å². The summed E-state index contributed by atoms with van der Waals surface area (Å²) in [7, 11) is 0. The van der Waals surface area contributed by atoms with Crippen LogP contribution in [0.3, 0.4) is 0 Å². The molecule has 0 aliphatic rings. The highest BCUT2D eigenvalue weighted by atomic mass is 15.0. The Bertz CT molecular complexity index is 532. The van der Waals surface area contributed by atoms with Gasteiger partial charge in [-0.05, 0) is 25.7 Å². The van der Waals surface area contributed by atoms with Crippen molar-refractivity contribution in [2.24, 2.45) is 0 Å². The first-order chi connectivity index (χ1) is 12.1. The van der Waals surface area contributed by atoms with Crippen LogP contribution in [0.5, 0.6) is 0 Å². The number of hydrogen-bond acceptors (Lipinski definition) is 1. The van der Waals surface area contributed by atoms with E-state index in [0.29, 0.717) is 0 Å². The molecule has 26 heavy (non-hydrogen) atoms. The lowest BCUT2D eigenvalue weighted by molar-refractivity contribution is 0.389. The molecule has 1 aromatic heterocycles. The van der Waals surface area contributed by atoms with Crippen LogP contribution in [0.2, 0.25) is 0 Å². The molecular weight excluding hydrogens is 316 g/mol. The Labute approximate surface area is 164 Å². The molecule has 1 aromatic rings. The van der Waals surface area contributed by atoms with E-state index in [-0.39, 0.29) is 16.2 Å². The van der Waals surface area contributed by atoms with Gasteiger partial charge in [0.05, 0.1) is 5.69 Å². The van der Waals surface area contributed by atoms with Gasteiger partial charge in [0.2, 0.25) is 0 Å². The molecule has 152 valence electrons. The quantitative estimate of drug-likeness (QED) is 0.377. The minimum absolute atomic E-state index is 0.116. The largest absolute Gasteiger partial charge is 0.345 e. The van der Waals surface area contributed by atoms with E-state index < -0.39 is 0 Å². The SMILES string of the molecule is CCCCCC(C)(C)c1nc(C(C)(C)CCCC)[nH]c1C(C)(CC)CC. The molecule has 0 amide bonds. The molecule has 2 heteroatoms. The number of imidazole rings is 1. The average Bonchev–Trinajstić information content (AvgIpc) is 3.07. The molecule has 0 spiro atoms. The smallest absolute Gasteiger partial charge is 0.112 e. The molecule has 0 saturated carbocycles. The molecule has 1 heterocycles. The van der Waals surface area contributed by atoms with E-state index in [9.17, 15) is 0 Å². The van der Waals surface area contributed by atoms with Crippen LogP contribution in [0.15, 0.2) is 0 Å². The standard InChI is InChI=1S/C24H46N2/c1-10-14-16-18-22(5,6)19-20(24(9,12-3)13-4)26-21(25-19)23(7,8)17-15-11-2/h10-18H2,1-9H3,(H,25,26). The van der Waals surface area contributed by atoms with Gasteiger partial charge in [-0.25, -0.2) is 4.98 Å². The molecule has 0 aromatic carbocycles. The Morgan fingerprint density at radius 2 is 1.27 bits per heavy atom. The van der Waals surface area contributed by atoms with E-state index in [4.69, 9.17) is 4.98 Å². The van der Waals surface area contributed by atoms with Crippen LogP contribution in [0.25, 0.3) is 0 Å². The van der Waals surface area contributed by atoms with Crippen LogP contribution in [0, 0.1) is 0 Å². The van der Waals surface area contributed by atoms with Gasteiger partial charge in [-0.3, -0.25) is 0 Å². The lowest BCUT2D eigenvalue weighted by Gasteiger charge is -2.32. The first kappa shape index (κ1) is 23.2. The number of nitrogens with one attached hydrogen (secondary N) is 1. The Hall–Kier alpha value is -0.790. The number of unbranched alkanes of at least 4 members (excludes halogenated alkanes) is 3. The monoisotopic (exact) mass is 362 g/mol. The van der Waals surface area contributed by atoms with Crippen molar-refractivity contribution in [3.05, 3.63) is 17.2 Å². The third-order valence-electron chi connectivity index (χ3n) is 6.71. The predicted molar refractivity (Wildman–Crippen MR) is 116 cm³/mol. The Morgan fingerprint density at radius 1 is 0.731 bits per heavy atom. The van der Waals surface area contributed by atoms with E-state index in [0.717, 1.165) is 12.8 Å². The fraction of sp³-hybridized carbons (Fsp3) is 0.875. The predicted octanol–water partition coefficient (Wildman–Crippen LogP) is 7.81. The Kier molecular flexibility index (Phi) is 8.42. The summed E-state index contributed by atoms with van der Waals surface area (Å²) in [5.41, 5.74) is 3.17. The van der Waals surface area contributed by atoms with E-state index in [2.05, 4.69) is 67.3 Å². The summed E-state index contributed by atoms with van der Waals surface area (Å²) in [6, 6.07) is 0. The topological polar surface area (TPSA) is 28.7 Å². The molecule has 2 nitrogen and oxygen atoms in total. The zero-order valence-electron chi connectivity index (χ0n) is 19.3. The highest BCUT2D eigenvalue weighted by Crippen LogP contribution is 2.41. The number of nitrogens with zero attached hydrogens (tertiary/aromatic N) is 1. The zero-order chi connectivity index (χ0) is 20.0. The summed E-state index contributed by atoms with van der Waals surface area (Å²) in [6.07, 6.45) is 11.1. The van der Waals surface area contributed by atoms with Crippen LogP contribution < -0.4 is 0 Å². The molecule has 0 radical (unpaired) electrons. The van der Waals surface area contributed by atoms with Crippen molar-refractivity contribution in [3.63, 3.8) is 0 Å². The lowest BCUT2D eigenvalue weighted by Crippen LogP contribution is -2.28. The van der Waals surface area contributed by atoms with Gasteiger partial charge in [0.25, 0.3) is 0 Å². The molecule has 1 rings (SSSR count). The van der Waals surface area contributed by atoms with Gasteiger partial charge in [0.1, 0.15) is 5.82 Å². The molecule has 0 saturated heterocycles. The first-order valence-corrected chi connectivity index (χ1v) is 11.2. The summed E-state index contributed by atoms with van der Waals surface area (Å²) in [5, 5.41) is 0. The van der Waals surface area contributed by atoms with Gasteiger partial charge in [-0.2, -0.15) is 0 Å². The zero-order valence-corrected chi connectivity index (χ0v) is 19.3. The van der Waals surface area contributed by atoms with Crippen molar-refractivity contribution in [2.75, 3.05) is 0 Å². The van der Waals surface area contributed by atoms with Crippen molar-refractivity contribution in [2.45, 2.75) is 136 Å². The lowest BCUT2D eigenvalue weighted by atomic mass is 9.74. The number of aromatic amines is 1. The minimum atomic E-state index is 0.116. The Balaban J connectivity index is 3.37. The van der Waals surface area contributed by atoms with E-state index >= 15 is 0 Å². The van der Waals surface area contributed by atoms with Gasteiger partial charge >= 0.3 is 0 Å². The molecule has 1 N–H and O–H groups in total. The van der Waals surface area contributed by atoms with Gasteiger partial charge in [-0.1, -0.05) is 94.4 Å². The highest BCUT2D eigenvalue weighted by molar-refractivity contribution is 5.31. The van der Waals surface area contributed by atoms with Crippen molar-refractivity contribution in [1.82, 2.24) is 9.97 Å². The van der Waals surface area contributed by atoms with Crippen LogP contribution in [-0.4, -0.2) is 9.97 Å². The van der Waals surface area contributed by atoms with Gasteiger partial charge in [0.15, 0.2) is 0 Å². The second-order valence-electron chi connectivity index (χ2n) is 9.91. The second kappa shape index (κ2) is 9.42. The van der Waals surface area contributed by atoms with Crippen molar-refractivity contribution in [3.8, 4) is 0 Å². The molecular formula is C24H46N2. The molecule has 0 aliphatic heterocycles. The molecule has 0 aliphatic carbocycles. The summed E-state index contributed by atoms with van der Waals surface area (Å²) in [4.78, 5) is 9.15. The molecule has 0 unspecified atom stereocenters. The molecule has 0 fully saturated rings. The average molecular weight is 363 g/mol. The Morgan fingerprint density at radius 3 is 1.77 bits per heavy atom. The summed E-state index contributed by atoms with van der Waals surface area (Å²) in [5.74, 6) is 1.20. The number of rotatable bonds is 12. The van der Waals surface area contributed by atoms with Crippen LogP contribution in [-0.2, 0) is 16.2 Å². The first-order valence-electron chi connectivity index (χ1n) is 11.2. The van der Waals surface area contributed by atoms with E-state index in [1.165, 1.54) is 62.2 Å². The van der Waals surface area contributed by atoms with Crippen LogP contribution >= 0.6 is 0 Å². The third-order valence-corrected chi connectivity index (χ3v) is 6.71.